The van der Waals surface area contributed by atoms with E-state index in [4.69, 9.17) is 19.6 Å². The van der Waals surface area contributed by atoms with Crippen molar-refractivity contribution < 1.29 is 19.0 Å². The average molecular weight is 479 g/mol. The maximum absolute atomic E-state index is 12.5. The van der Waals surface area contributed by atoms with Crippen LogP contribution in [-0.4, -0.2) is 47.3 Å². The molecule has 2 aliphatic rings. The number of amidine groups is 2. The van der Waals surface area contributed by atoms with Gasteiger partial charge < -0.3 is 14.2 Å². The molecule has 2 aliphatic heterocycles. The first-order valence-electron chi connectivity index (χ1n) is 10.8. The van der Waals surface area contributed by atoms with Crippen LogP contribution < -0.4 is 14.2 Å². The van der Waals surface area contributed by atoms with E-state index in [9.17, 15) is 4.79 Å². The van der Waals surface area contributed by atoms with Crippen LogP contribution in [0.15, 0.2) is 52.1 Å². The number of hydrazone groups is 1. The number of ether oxygens (including phenoxy) is 3. The van der Waals surface area contributed by atoms with Gasteiger partial charge in [-0.05, 0) is 73.5 Å². The molecular weight excluding hydrogens is 452 g/mol. The summed E-state index contributed by atoms with van der Waals surface area (Å²) in [5.74, 6) is 1.56. The van der Waals surface area contributed by atoms with Crippen LogP contribution >= 0.6 is 11.8 Å². The van der Waals surface area contributed by atoms with Crippen molar-refractivity contribution in [1.29, 1.82) is 5.41 Å². The predicted molar refractivity (Wildman–Crippen MR) is 135 cm³/mol. The Morgan fingerprint density at radius 3 is 2.56 bits per heavy atom. The maximum Gasteiger partial charge on any atom is 0.283 e. The summed E-state index contributed by atoms with van der Waals surface area (Å²) in [4.78, 5) is 16.5. The van der Waals surface area contributed by atoms with Crippen LogP contribution in [0.2, 0.25) is 0 Å². The fraction of sp³-hybridized carbons (Fsp3) is 0.280. The molecule has 0 bridgehead atoms. The number of carbonyl (C=O) groups excluding carboxylic acids is 1. The van der Waals surface area contributed by atoms with Gasteiger partial charge in [0.15, 0.2) is 17.3 Å². The standard InChI is InChI=1S/C25H26N4O4S/c1-15-6-7-16(2)21(12-15)33-11-5-10-32-20-9-8-18(14-22(20)31-4)13-19-23(26)29-25(27-24(19)30)34-17(3)28-29/h6-9,12-14,26H,5,10-11H2,1-4H3/b19-13+,26-23?. The third kappa shape index (κ3) is 5.14. The molecule has 176 valence electrons. The fourth-order valence-electron chi connectivity index (χ4n) is 3.43. The summed E-state index contributed by atoms with van der Waals surface area (Å²) in [6.45, 7) is 6.89. The van der Waals surface area contributed by atoms with Crippen molar-refractivity contribution in [1.82, 2.24) is 5.01 Å². The van der Waals surface area contributed by atoms with Gasteiger partial charge in [0.05, 0.1) is 30.9 Å². The van der Waals surface area contributed by atoms with E-state index in [1.807, 2.05) is 32.9 Å². The molecule has 8 nitrogen and oxygen atoms in total. The molecule has 0 aromatic heterocycles. The number of nitrogens with one attached hydrogen (secondary N) is 1. The number of hydrogen-bond acceptors (Lipinski definition) is 7. The van der Waals surface area contributed by atoms with Crippen LogP contribution in [-0.2, 0) is 4.79 Å². The highest BCUT2D eigenvalue weighted by atomic mass is 32.2. The van der Waals surface area contributed by atoms with Crippen molar-refractivity contribution in [3.63, 3.8) is 0 Å². The molecule has 0 radical (unpaired) electrons. The minimum atomic E-state index is -0.461. The van der Waals surface area contributed by atoms with Gasteiger partial charge in [-0.25, -0.2) is 0 Å². The Hall–Kier alpha value is -3.59. The second-order valence-corrected chi connectivity index (χ2v) is 9.03. The first kappa shape index (κ1) is 23.6. The van der Waals surface area contributed by atoms with E-state index in [0.29, 0.717) is 41.9 Å². The van der Waals surface area contributed by atoms with Crippen molar-refractivity contribution in [2.45, 2.75) is 27.2 Å². The number of rotatable bonds is 8. The molecule has 0 aliphatic carbocycles. The van der Waals surface area contributed by atoms with Crippen LogP contribution in [0.5, 0.6) is 17.2 Å². The Bertz CT molecular complexity index is 1240. The molecule has 0 fully saturated rings. The lowest BCUT2D eigenvalue weighted by atomic mass is 10.1. The number of carbonyl (C=O) groups is 1. The number of aryl methyl sites for hydroxylation is 2. The molecule has 0 spiro atoms. The van der Waals surface area contributed by atoms with Crippen LogP contribution in [0.3, 0.4) is 0 Å². The van der Waals surface area contributed by atoms with Gasteiger partial charge in [0, 0.05) is 6.42 Å². The third-order valence-electron chi connectivity index (χ3n) is 5.20. The molecule has 0 saturated carbocycles. The van der Waals surface area contributed by atoms with E-state index < -0.39 is 5.91 Å². The van der Waals surface area contributed by atoms with Gasteiger partial charge in [0.2, 0.25) is 5.17 Å². The van der Waals surface area contributed by atoms with Crippen LogP contribution in [0.25, 0.3) is 6.08 Å². The predicted octanol–water partition coefficient (Wildman–Crippen LogP) is 4.80. The second kappa shape index (κ2) is 10.1. The first-order chi connectivity index (χ1) is 16.4. The van der Waals surface area contributed by atoms with Gasteiger partial charge in [-0.2, -0.15) is 15.1 Å². The molecule has 0 saturated heterocycles. The monoisotopic (exact) mass is 478 g/mol. The number of amides is 1. The molecule has 34 heavy (non-hydrogen) atoms. The summed E-state index contributed by atoms with van der Waals surface area (Å²) in [6.07, 6.45) is 2.32. The normalized spacial score (nSPS) is 16.4. The molecule has 2 aromatic carbocycles. The topological polar surface area (TPSA) is 96.6 Å². The van der Waals surface area contributed by atoms with E-state index in [2.05, 4.69) is 22.2 Å². The van der Waals surface area contributed by atoms with Gasteiger partial charge in [0.1, 0.15) is 5.75 Å². The molecule has 9 heteroatoms. The zero-order chi connectivity index (χ0) is 24.2. The number of aliphatic imine (C=N–C) groups is 1. The molecule has 2 aromatic rings. The Balaban J connectivity index is 1.38. The van der Waals surface area contributed by atoms with Gasteiger partial charge in [-0.15, -0.1) is 0 Å². The van der Waals surface area contributed by atoms with Gasteiger partial charge in [-0.1, -0.05) is 18.2 Å². The van der Waals surface area contributed by atoms with Crippen molar-refractivity contribution in [3.8, 4) is 17.2 Å². The second-order valence-electron chi connectivity index (χ2n) is 7.87. The molecule has 0 unspecified atom stereocenters. The minimum absolute atomic E-state index is 0.00231. The van der Waals surface area contributed by atoms with Crippen molar-refractivity contribution in [2.75, 3.05) is 20.3 Å². The quantitative estimate of drug-likeness (QED) is 0.432. The molecular formula is C25H26N4O4S. The minimum Gasteiger partial charge on any atom is -0.493 e. The summed E-state index contributed by atoms with van der Waals surface area (Å²) in [5.41, 5.74) is 3.13. The smallest absolute Gasteiger partial charge is 0.283 e. The zero-order valence-electron chi connectivity index (χ0n) is 19.5. The number of hydrogen-bond donors (Lipinski definition) is 1. The highest BCUT2D eigenvalue weighted by Gasteiger charge is 2.34. The van der Waals surface area contributed by atoms with Gasteiger partial charge in [-0.3, -0.25) is 10.2 Å². The molecule has 0 atom stereocenters. The number of nitrogens with zero attached hydrogens (tertiary/aromatic N) is 3. The lowest BCUT2D eigenvalue weighted by molar-refractivity contribution is -0.114. The van der Waals surface area contributed by atoms with Crippen LogP contribution in [0.1, 0.15) is 30.0 Å². The fourth-order valence-corrected chi connectivity index (χ4v) is 4.17. The van der Waals surface area contributed by atoms with Crippen molar-refractivity contribution in [3.05, 3.63) is 58.7 Å². The third-order valence-corrected chi connectivity index (χ3v) is 6.03. The molecule has 1 amide bonds. The van der Waals surface area contributed by atoms with E-state index in [1.54, 1.807) is 25.3 Å². The summed E-state index contributed by atoms with van der Waals surface area (Å²) < 4.78 is 17.2. The first-order valence-corrected chi connectivity index (χ1v) is 11.6. The highest BCUT2D eigenvalue weighted by Crippen LogP contribution is 2.31. The zero-order valence-corrected chi connectivity index (χ0v) is 20.4. The largest absolute Gasteiger partial charge is 0.493 e. The van der Waals surface area contributed by atoms with Gasteiger partial charge >= 0.3 is 0 Å². The van der Waals surface area contributed by atoms with Crippen LogP contribution in [0.4, 0.5) is 0 Å². The Kier molecular flexibility index (Phi) is 7.02. The summed E-state index contributed by atoms with van der Waals surface area (Å²) in [6, 6.07) is 11.5. The van der Waals surface area contributed by atoms with E-state index >= 15 is 0 Å². The van der Waals surface area contributed by atoms with Crippen LogP contribution in [0, 0.1) is 19.3 Å². The highest BCUT2D eigenvalue weighted by molar-refractivity contribution is 8.26. The number of benzene rings is 2. The number of fused-ring (bicyclic) bond motifs is 1. The van der Waals surface area contributed by atoms with Gasteiger partial charge in [0.25, 0.3) is 5.91 Å². The van der Waals surface area contributed by atoms with Crippen molar-refractivity contribution in [2.24, 2.45) is 10.1 Å². The molecule has 2 heterocycles. The molecule has 4 rings (SSSR count). The lowest BCUT2D eigenvalue weighted by Crippen LogP contribution is -2.35. The van der Waals surface area contributed by atoms with Crippen molar-refractivity contribution >= 4 is 39.8 Å². The average Bonchev–Trinajstić information content (AvgIpc) is 3.19. The van der Waals surface area contributed by atoms with E-state index in [1.165, 1.54) is 16.8 Å². The lowest BCUT2D eigenvalue weighted by Gasteiger charge is -2.20. The Labute approximate surface area is 202 Å². The van der Waals surface area contributed by atoms with E-state index in [0.717, 1.165) is 21.9 Å². The number of methoxy groups -OCH3 is 1. The summed E-state index contributed by atoms with van der Waals surface area (Å²) >= 11 is 1.28. The maximum atomic E-state index is 12.5. The Morgan fingerprint density at radius 2 is 1.79 bits per heavy atom. The summed E-state index contributed by atoms with van der Waals surface area (Å²) in [7, 11) is 1.56. The molecule has 1 N–H and O–H groups in total. The number of thioether (sulfide) groups is 1. The SMILES string of the molecule is COc1cc(/C=C2\C(=N)N3N=C(C)SC3=NC2=O)ccc1OCCCOc1cc(C)ccc1C. The Morgan fingerprint density at radius 1 is 1.03 bits per heavy atom. The van der Waals surface area contributed by atoms with E-state index in [-0.39, 0.29) is 11.4 Å². The summed E-state index contributed by atoms with van der Waals surface area (Å²) in [5, 5.41) is 15.1.